The molecule has 1 aromatic heterocycles. The molecular formula is C15H16N2O4. The lowest BCUT2D eigenvalue weighted by molar-refractivity contribution is -0.141. The van der Waals surface area contributed by atoms with Crippen LogP contribution in [0.2, 0.25) is 0 Å². The van der Waals surface area contributed by atoms with Gasteiger partial charge in [0.2, 0.25) is 0 Å². The number of carboxylic acid groups (broad SMARTS) is 1. The van der Waals surface area contributed by atoms with Gasteiger partial charge in [-0.1, -0.05) is 12.1 Å². The Labute approximate surface area is 121 Å². The Morgan fingerprint density at radius 3 is 3.05 bits per heavy atom. The normalized spacial score (nSPS) is 18.9. The second-order valence-corrected chi connectivity index (χ2v) is 5.09. The first-order valence-electron chi connectivity index (χ1n) is 6.84. The summed E-state index contributed by atoms with van der Waals surface area (Å²) in [6.45, 7) is 1.15. The number of hydrogen-bond acceptors (Lipinski definition) is 3. The zero-order valence-corrected chi connectivity index (χ0v) is 11.4. The maximum absolute atomic E-state index is 12.6. The molecule has 6 nitrogen and oxygen atoms in total. The lowest BCUT2D eigenvalue weighted by Gasteiger charge is -2.32. The summed E-state index contributed by atoms with van der Waals surface area (Å²) in [7, 11) is 0. The van der Waals surface area contributed by atoms with Gasteiger partial charge in [-0.15, -0.1) is 0 Å². The zero-order chi connectivity index (χ0) is 14.8. The van der Waals surface area contributed by atoms with Crippen LogP contribution in [-0.2, 0) is 9.53 Å². The molecular weight excluding hydrogens is 272 g/mol. The lowest BCUT2D eigenvalue weighted by atomic mass is 10.1. The average molecular weight is 288 g/mol. The molecule has 21 heavy (non-hydrogen) atoms. The highest BCUT2D eigenvalue weighted by Crippen LogP contribution is 2.20. The summed E-state index contributed by atoms with van der Waals surface area (Å²) >= 11 is 0. The molecule has 1 aliphatic rings. The fourth-order valence-electron chi connectivity index (χ4n) is 2.66. The number of fused-ring (bicyclic) bond motifs is 1. The van der Waals surface area contributed by atoms with Crippen LogP contribution in [0.5, 0.6) is 0 Å². The molecule has 1 amide bonds. The highest BCUT2D eigenvalue weighted by molar-refractivity contribution is 6.05. The smallest absolute Gasteiger partial charge is 0.306 e. The summed E-state index contributed by atoms with van der Waals surface area (Å²) in [6, 6.07) is 7.48. The van der Waals surface area contributed by atoms with E-state index in [1.807, 2.05) is 18.2 Å². The van der Waals surface area contributed by atoms with E-state index in [4.69, 9.17) is 9.84 Å². The molecule has 0 bridgehead atoms. The van der Waals surface area contributed by atoms with Crippen molar-refractivity contribution >= 4 is 22.8 Å². The number of para-hydroxylation sites is 1. The fraction of sp³-hybridized carbons (Fsp3) is 0.333. The Morgan fingerprint density at radius 2 is 2.24 bits per heavy atom. The standard InChI is InChI=1S/C15H16N2O4/c18-13(19)8-11-9-17(6-7-21-11)15(20)12-3-1-2-10-4-5-16-14(10)12/h1-5,11,16H,6-9H2,(H,18,19). The third kappa shape index (κ3) is 2.75. The monoisotopic (exact) mass is 288 g/mol. The molecule has 1 aliphatic heterocycles. The molecule has 1 saturated heterocycles. The van der Waals surface area contributed by atoms with Crippen LogP contribution in [0.15, 0.2) is 30.5 Å². The van der Waals surface area contributed by atoms with Crippen LogP contribution < -0.4 is 0 Å². The summed E-state index contributed by atoms with van der Waals surface area (Å²) in [5.74, 6) is -1.01. The Balaban J connectivity index is 1.81. The highest BCUT2D eigenvalue weighted by Gasteiger charge is 2.27. The van der Waals surface area contributed by atoms with E-state index in [0.29, 0.717) is 25.3 Å². The van der Waals surface area contributed by atoms with E-state index in [1.165, 1.54) is 0 Å². The van der Waals surface area contributed by atoms with Crippen LogP contribution in [0.25, 0.3) is 10.9 Å². The number of morpholine rings is 1. The Kier molecular flexibility index (Phi) is 3.62. The second kappa shape index (κ2) is 5.57. The molecule has 2 aromatic rings. The molecule has 0 aliphatic carbocycles. The highest BCUT2D eigenvalue weighted by atomic mass is 16.5. The lowest BCUT2D eigenvalue weighted by Crippen LogP contribution is -2.46. The first-order valence-corrected chi connectivity index (χ1v) is 6.84. The van der Waals surface area contributed by atoms with Crippen molar-refractivity contribution in [3.63, 3.8) is 0 Å². The topological polar surface area (TPSA) is 82.6 Å². The largest absolute Gasteiger partial charge is 0.481 e. The predicted octanol–water partition coefficient (Wildman–Crippen LogP) is 1.48. The second-order valence-electron chi connectivity index (χ2n) is 5.09. The molecule has 1 atom stereocenters. The predicted molar refractivity (Wildman–Crippen MR) is 76.2 cm³/mol. The molecule has 6 heteroatoms. The molecule has 1 fully saturated rings. The van der Waals surface area contributed by atoms with E-state index < -0.39 is 12.1 Å². The number of H-pyrrole nitrogens is 1. The van der Waals surface area contributed by atoms with Gasteiger partial charge in [-0.05, 0) is 12.1 Å². The van der Waals surface area contributed by atoms with Crippen LogP contribution in [0.3, 0.4) is 0 Å². The number of amides is 1. The van der Waals surface area contributed by atoms with Crippen LogP contribution in [0, 0.1) is 0 Å². The number of rotatable bonds is 3. The van der Waals surface area contributed by atoms with Gasteiger partial charge in [0.15, 0.2) is 0 Å². The van der Waals surface area contributed by atoms with Gasteiger partial charge in [-0.3, -0.25) is 9.59 Å². The molecule has 3 rings (SSSR count). The van der Waals surface area contributed by atoms with Crippen molar-refractivity contribution in [1.29, 1.82) is 0 Å². The van der Waals surface area contributed by atoms with Crippen molar-refractivity contribution in [2.24, 2.45) is 0 Å². The van der Waals surface area contributed by atoms with Gasteiger partial charge in [0.1, 0.15) is 0 Å². The number of nitrogens with one attached hydrogen (secondary N) is 1. The molecule has 0 spiro atoms. The average Bonchev–Trinajstić information content (AvgIpc) is 2.94. The van der Waals surface area contributed by atoms with E-state index in [0.717, 1.165) is 10.9 Å². The van der Waals surface area contributed by atoms with Gasteiger partial charge >= 0.3 is 5.97 Å². The van der Waals surface area contributed by atoms with Gasteiger partial charge in [0.25, 0.3) is 5.91 Å². The molecule has 0 radical (unpaired) electrons. The van der Waals surface area contributed by atoms with Gasteiger partial charge in [-0.2, -0.15) is 0 Å². The number of aromatic amines is 1. The van der Waals surface area contributed by atoms with Crippen LogP contribution >= 0.6 is 0 Å². The minimum Gasteiger partial charge on any atom is -0.481 e. The van der Waals surface area contributed by atoms with Crippen molar-refractivity contribution in [1.82, 2.24) is 9.88 Å². The van der Waals surface area contributed by atoms with Crippen LogP contribution in [0.1, 0.15) is 16.8 Å². The fourth-order valence-corrected chi connectivity index (χ4v) is 2.66. The summed E-state index contributed by atoms with van der Waals surface area (Å²) in [5.41, 5.74) is 1.41. The zero-order valence-electron chi connectivity index (χ0n) is 11.4. The Bertz CT molecular complexity index is 679. The number of ether oxygens (including phenoxy) is 1. The molecule has 110 valence electrons. The minimum atomic E-state index is -0.916. The van der Waals surface area contributed by atoms with Gasteiger partial charge in [0.05, 0.1) is 30.2 Å². The van der Waals surface area contributed by atoms with Crippen molar-refractivity contribution < 1.29 is 19.4 Å². The number of nitrogens with zero attached hydrogens (tertiary/aromatic N) is 1. The van der Waals surface area contributed by atoms with E-state index >= 15 is 0 Å². The van der Waals surface area contributed by atoms with Crippen molar-refractivity contribution in [2.45, 2.75) is 12.5 Å². The number of carbonyl (C=O) groups excluding carboxylic acids is 1. The van der Waals surface area contributed by atoms with E-state index in [-0.39, 0.29) is 12.3 Å². The summed E-state index contributed by atoms with van der Waals surface area (Å²) in [4.78, 5) is 28.1. The van der Waals surface area contributed by atoms with Crippen LogP contribution in [0.4, 0.5) is 0 Å². The van der Waals surface area contributed by atoms with E-state index in [9.17, 15) is 9.59 Å². The third-order valence-electron chi connectivity index (χ3n) is 3.65. The Morgan fingerprint density at radius 1 is 1.38 bits per heavy atom. The maximum Gasteiger partial charge on any atom is 0.306 e. The Hall–Kier alpha value is -2.34. The van der Waals surface area contributed by atoms with Crippen LogP contribution in [-0.4, -0.2) is 52.7 Å². The molecule has 1 aromatic carbocycles. The molecule has 2 heterocycles. The van der Waals surface area contributed by atoms with Crippen molar-refractivity contribution in [2.75, 3.05) is 19.7 Å². The van der Waals surface area contributed by atoms with Gasteiger partial charge in [-0.25, -0.2) is 0 Å². The molecule has 1 unspecified atom stereocenters. The maximum atomic E-state index is 12.6. The van der Waals surface area contributed by atoms with E-state index in [2.05, 4.69) is 4.98 Å². The van der Waals surface area contributed by atoms with Gasteiger partial charge in [0, 0.05) is 24.7 Å². The summed E-state index contributed by atoms with van der Waals surface area (Å²) in [5, 5.41) is 9.82. The van der Waals surface area contributed by atoms with Gasteiger partial charge < -0.3 is 19.7 Å². The number of aliphatic carboxylic acids is 1. The summed E-state index contributed by atoms with van der Waals surface area (Å²) in [6.07, 6.45) is 1.27. The number of benzene rings is 1. The number of carboxylic acids is 1. The van der Waals surface area contributed by atoms with Crippen molar-refractivity contribution in [3.05, 3.63) is 36.0 Å². The SMILES string of the molecule is O=C(O)CC1CN(C(=O)c2cccc3cc[nH]c23)CCO1. The third-order valence-corrected chi connectivity index (χ3v) is 3.65. The quantitative estimate of drug-likeness (QED) is 0.896. The minimum absolute atomic E-state index is 0.0868. The molecule has 2 N–H and O–H groups in total. The molecule has 0 saturated carbocycles. The van der Waals surface area contributed by atoms with E-state index in [1.54, 1.807) is 17.2 Å². The van der Waals surface area contributed by atoms with Crippen molar-refractivity contribution in [3.8, 4) is 0 Å². The number of carbonyl (C=O) groups is 2. The number of aromatic nitrogens is 1. The number of hydrogen-bond donors (Lipinski definition) is 2. The summed E-state index contributed by atoms with van der Waals surface area (Å²) < 4.78 is 5.39. The first-order chi connectivity index (χ1) is 10.1. The first kappa shape index (κ1) is 13.6.